The van der Waals surface area contributed by atoms with Crippen molar-refractivity contribution in [3.05, 3.63) is 39.9 Å². The summed E-state index contributed by atoms with van der Waals surface area (Å²) in [4.78, 5) is 37.8. The van der Waals surface area contributed by atoms with Crippen molar-refractivity contribution in [2.45, 2.75) is 44.9 Å². The number of ether oxygens (including phenoxy) is 1. The molecule has 0 saturated carbocycles. The molecule has 1 aliphatic heterocycles. The molecule has 2 N–H and O–H groups in total. The van der Waals surface area contributed by atoms with Gasteiger partial charge in [-0.05, 0) is 43.2 Å². The molecule has 0 bridgehead atoms. The van der Waals surface area contributed by atoms with Gasteiger partial charge >= 0.3 is 0 Å². The molecule has 2 atom stereocenters. The van der Waals surface area contributed by atoms with E-state index in [2.05, 4.69) is 28.7 Å². The fourth-order valence-corrected chi connectivity index (χ4v) is 6.30. The second-order valence-corrected chi connectivity index (χ2v) is 10.3. The monoisotopic (exact) mass is 491 g/mol. The van der Waals surface area contributed by atoms with Crippen molar-refractivity contribution in [3.8, 4) is 11.8 Å². The number of nitrogens with zero attached hydrogens (tertiary/aromatic N) is 3. The molecule has 5 rings (SSSR count). The van der Waals surface area contributed by atoms with Gasteiger partial charge in [-0.15, -0.1) is 11.3 Å². The van der Waals surface area contributed by atoms with Crippen LogP contribution in [0.1, 0.15) is 53.8 Å². The van der Waals surface area contributed by atoms with Gasteiger partial charge in [0, 0.05) is 23.7 Å². The van der Waals surface area contributed by atoms with Gasteiger partial charge in [-0.2, -0.15) is 10.4 Å². The van der Waals surface area contributed by atoms with Gasteiger partial charge in [0.15, 0.2) is 6.61 Å². The van der Waals surface area contributed by atoms with Gasteiger partial charge < -0.3 is 10.1 Å². The Bertz CT molecular complexity index is 1400. The number of para-hydroxylation sites is 1. The van der Waals surface area contributed by atoms with E-state index in [1.165, 1.54) is 16.2 Å². The minimum Gasteiger partial charge on any atom is -0.481 e. The van der Waals surface area contributed by atoms with E-state index >= 15 is 0 Å². The molecule has 3 heterocycles. The van der Waals surface area contributed by atoms with Gasteiger partial charge in [-0.25, -0.2) is 0 Å². The van der Waals surface area contributed by atoms with Crippen LogP contribution in [0.4, 0.5) is 5.00 Å². The zero-order chi connectivity index (χ0) is 24.7. The quantitative estimate of drug-likeness (QED) is 0.528. The smallest absolute Gasteiger partial charge is 0.262 e. The van der Waals surface area contributed by atoms with Crippen LogP contribution in [-0.4, -0.2) is 34.1 Å². The summed E-state index contributed by atoms with van der Waals surface area (Å²) in [5.74, 6) is -0.463. The van der Waals surface area contributed by atoms with E-state index in [4.69, 9.17) is 4.74 Å². The van der Waals surface area contributed by atoms with E-state index in [1.54, 1.807) is 23.9 Å². The lowest BCUT2D eigenvalue weighted by molar-refractivity contribution is -0.134. The van der Waals surface area contributed by atoms with Crippen LogP contribution >= 0.6 is 11.3 Å². The summed E-state index contributed by atoms with van der Waals surface area (Å²) < 4.78 is 7.49. The zero-order valence-corrected chi connectivity index (χ0v) is 20.3. The molecule has 1 aliphatic carbocycles. The van der Waals surface area contributed by atoms with Gasteiger partial charge in [-0.1, -0.05) is 19.1 Å². The highest BCUT2D eigenvalue weighted by Gasteiger charge is 2.32. The van der Waals surface area contributed by atoms with Crippen molar-refractivity contribution >= 4 is 45.0 Å². The number of thiophene rings is 1. The largest absolute Gasteiger partial charge is 0.481 e. The highest BCUT2D eigenvalue weighted by atomic mass is 32.1. The molecule has 9 nitrogen and oxygen atoms in total. The zero-order valence-electron chi connectivity index (χ0n) is 19.5. The Balaban J connectivity index is 1.33. The first kappa shape index (κ1) is 23.1. The third-order valence-electron chi connectivity index (χ3n) is 6.66. The molecule has 3 aromatic rings. The lowest BCUT2D eigenvalue weighted by atomic mass is 9.89. The number of nitriles is 1. The second kappa shape index (κ2) is 9.15. The third-order valence-corrected chi connectivity index (χ3v) is 7.83. The molecule has 0 radical (unpaired) electrons. The number of hydrogen-bond donors (Lipinski definition) is 2. The molecule has 2 unspecified atom stereocenters. The number of imide groups is 1. The van der Waals surface area contributed by atoms with E-state index in [1.807, 2.05) is 6.07 Å². The minimum atomic E-state index is -0.521. The fourth-order valence-electron chi connectivity index (χ4n) is 4.92. The van der Waals surface area contributed by atoms with Crippen LogP contribution in [0.3, 0.4) is 0 Å². The van der Waals surface area contributed by atoms with Gasteiger partial charge in [0.1, 0.15) is 22.3 Å². The average molecular weight is 492 g/mol. The van der Waals surface area contributed by atoms with Gasteiger partial charge in [0.2, 0.25) is 11.8 Å². The summed E-state index contributed by atoms with van der Waals surface area (Å²) in [6.45, 7) is 1.97. The Hall–Kier alpha value is -3.71. The summed E-state index contributed by atoms with van der Waals surface area (Å²) >= 11 is 1.48. The third kappa shape index (κ3) is 4.28. The summed E-state index contributed by atoms with van der Waals surface area (Å²) in [6, 6.07) is 7.65. The number of nitrogens with one attached hydrogen (secondary N) is 2. The van der Waals surface area contributed by atoms with Crippen molar-refractivity contribution in [3.63, 3.8) is 0 Å². The molecule has 1 saturated heterocycles. The molecule has 1 aromatic carbocycles. The van der Waals surface area contributed by atoms with Gasteiger partial charge in [-0.3, -0.25) is 24.4 Å². The van der Waals surface area contributed by atoms with E-state index in [9.17, 15) is 19.6 Å². The first-order chi connectivity index (χ1) is 16.9. The SMILES string of the molecule is CC1CCc2c(sc(NC(=O)COc3cccc4c(C5CCC(=O)NC5=O)nn(C)c34)c2C#N)C1. The van der Waals surface area contributed by atoms with Crippen LogP contribution in [0.25, 0.3) is 10.9 Å². The number of amides is 3. The first-order valence-corrected chi connectivity index (χ1v) is 12.4. The van der Waals surface area contributed by atoms with E-state index in [0.717, 1.165) is 30.2 Å². The Kier molecular flexibility index (Phi) is 6.03. The van der Waals surface area contributed by atoms with Crippen LogP contribution < -0.4 is 15.4 Å². The lowest BCUT2D eigenvalue weighted by Crippen LogP contribution is -2.39. The molecular weight excluding hydrogens is 466 g/mol. The summed E-state index contributed by atoms with van der Waals surface area (Å²) in [6.07, 6.45) is 3.50. The first-order valence-electron chi connectivity index (χ1n) is 11.6. The molecular formula is C25H25N5O4S. The van der Waals surface area contributed by atoms with Crippen LogP contribution in [0.15, 0.2) is 18.2 Å². The molecule has 0 spiro atoms. The van der Waals surface area contributed by atoms with Crippen molar-refractivity contribution in [1.29, 1.82) is 5.26 Å². The predicted octanol–water partition coefficient (Wildman–Crippen LogP) is 3.17. The van der Waals surface area contributed by atoms with Gasteiger partial charge in [0.05, 0.1) is 17.2 Å². The van der Waals surface area contributed by atoms with Crippen LogP contribution in [0, 0.1) is 17.2 Å². The molecule has 2 aromatic heterocycles. The van der Waals surface area contributed by atoms with Crippen LogP contribution in [-0.2, 0) is 34.3 Å². The Morgan fingerprint density at radius 1 is 1.34 bits per heavy atom. The summed E-state index contributed by atoms with van der Waals surface area (Å²) in [5.41, 5.74) is 2.87. The van der Waals surface area contributed by atoms with Crippen LogP contribution in [0.5, 0.6) is 5.75 Å². The maximum absolute atomic E-state index is 12.7. The van der Waals surface area contributed by atoms with Gasteiger partial charge in [0.25, 0.3) is 5.91 Å². The van der Waals surface area contributed by atoms with Crippen molar-refractivity contribution in [2.75, 3.05) is 11.9 Å². The maximum Gasteiger partial charge on any atom is 0.262 e. The standard InChI is InChI=1S/C25H25N5O4S/c1-13-6-7-14-17(11-26)25(35-19(14)10-13)28-21(32)12-34-18-5-3-4-15-22(29-30(2)23(15)18)16-8-9-20(31)27-24(16)33/h3-5,13,16H,6-10,12H2,1-2H3,(H,28,32)(H,27,31,33). The second-order valence-electron chi connectivity index (χ2n) is 9.17. The highest BCUT2D eigenvalue weighted by molar-refractivity contribution is 7.16. The summed E-state index contributed by atoms with van der Waals surface area (Å²) in [7, 11) is 1.75. The number of rotatable bonds is 5. The highest BCUT2D eigenvalue weighted by Crippen LogP contribution is 2.39. The molecule has 1 fully saturated rings. The number of benzene rings is 1. The number of fused-ring (bicyclic) bond motifs is 2. The van der Waals surface area contributed by atoms with Crippen molar-refractivity contribution in [1.82, 2.24) is 15.1 Å². The Morgan fingerprint density at radius 3 is 2.94 bits per heavy atom. The molecule has 2 aliphatic rings. The summed E-state index contributed by atoms with van der Waals surface area (Å²) in [5, 5.41) is 20.8. The number of piperidine rings is 1. The Morgan fingerprint density at radius 2 is 2.17 bits per heavy atom. The van der Waals surface area contributed by atoms with Crippen molar-refractivity contribution < 1.29 is 19.1 Å². The molecule has 3 amide bonds. The molecule has 10 heteroatoms. The van der Waals surface area contributed by atoms with Crippen molar-refractivity contribution in [2.24, 2.45) is 13.0 Å². The van der Waals surface area contributed by atoms with E-state index in [0.29, 0.717) is 39.9 Å². The average Bonchev–Trinajstić information content (AvgIpc) is 3.34. The number of carbonyl (C=O) groups is 3. The Labute approximate surface area is 206 Å². The molecule has 35 heavy (non-hydrogen) atoms. The van der Waals surface area contributed by atoms with E-state index < -0.39 is 5.92 Å². The number of carbonyl (C=O) groups excluding carboxylic acids is 3. The number of anilines is 1. The number of aromatic nitrogens is 2. The lowest BCUT2D eigenvalue weighted by Gasteiger charge is -2.19. The topological polar surface area (TPSA) is 126 Å². The van der Waals surface area contributed by atoms with Crippen LogP contribution in [0.2, 0.25) is 0 Å². The molecule has 180 valence electrons. The maximum atomic E-state index is 12.7. The minimum absolute atomic E-state index is 0.234. The normalized spacial score (nSPS) is 19.7. The number of hydrogen-bond acceptors (Lipinski definition) is 7. The fraction of sp³-hybridized carbons (Fsp3) is 0.400. The number of aryl methyl sites for hydroxylation is 1. The predicted molar refractivity (Wildman–Crippen MR) is 130 cm³/mol. The van der Waals surface area contributed by atoms with E-state index in [-0.39, 0.29) is 30.7 Å².